The summed E-state index contributed by atoms with van der Waals surface area (Å²) >= 11 is 0. The molecule has 156 valence electrons. The van der Waals surface area contributed by atoms with Gasteiger partial charge in [-0.3, -0.25) is 9.59 Å². The summed E-state index contributed by atoms with van der Waals surface area (Å²) in [5.74, 6) is 2.28. The standard InChI is InChI=1S/C20H27N5O4/c1-14-15(7-12-29-14)20(27)23-9-6-17-21-22-19(25(17)11-10-23)16-5-3-4-8-24(16)18(26)13-28-2/h7,12,16H,3-6,8-11,13H2,1-2H3. The van der Waals surface area contributed by atoms with Crippen molar-refractivity contribution in [3.63, 3.8) is 0 Å². The van der Waals surface area contributed by atoms with Crippen molar-refractivity contribution < 1.29 is 18.7 Å². The molecule has 29 heavy (non-hydrogen) atoms. The van der Waals surface area contributed by atoms with E-state index in [1.54, 1.807) is 19.3 Å². The largest absolute Gasteiger partial charge is 0.469 e. The van der Waals surface area contributed by atoms with E-state index in [9.17, 15) is 9.59 Å². The molecule has 0 saturated carbocycles. The predicted molar refractivity (Wildman–Crippen MR) is 103 cm³/mol. The van der Waals surface area contributed by atoms with Crippen LogP contribution in [0.2, 0.25) is 0 Å². The molecular formula is C20H27N5O4. The smallest absolute Gasteiger partial charge is 0.257 e. The number of aryl methyl sites for hydroxylation is 1. The Kier molecular flexibility index (Phi) is 5.66. The minimum Gasteiger partial charge on any atom is -0.469 e. The molecule has 2 aliphatic heterocycles. The number of piperidine rings is 1. The van der Waals surface area contributed by atoms with Gasteiger partial charge in [-0.2, -0.15) is 0 Å². The van der Waals surface area contributed by atoms with Crippen LogP contribution in [-0.2, 0) is 22.5 Å². The van der Waals surface area contributed by atoms with Crippen LogP contribution in [0.3, 0.4) is 0 Å². The van der Waals surface area contributed by atoms with Crippen molar-refractivity contribution in [2.45, 2.75) is 45.2 Å². The molecule has 1 atom stereocenters. The number of nitrogens with zero attached hydrogens (tertiary/aromatic N) is 5. The van der Waals surface area contributed by atoms with Gasteiger partial charge in [-0.15, -0.1) is 10.2 Å². The van der Waals surface area contributed by atoms with Crippen molar-refractivity contribution in [3.8, 4) is 0 Å². The number of hydrogen-bond donors (Lipinski definition) is 0. The van der Waals surface area contributed by atoms with Gasteiger partial charge < -0.3 is 23.5 Å². The highest BCUT2D eigenvalue weighted by atomic mass is 16.5. The van der Waals surface area contributed by atoms with Gasteiger partial charge in [0.2, 0.25) is 5.91 Å². The lowest BCUT2D eigenvalue weighted by atomic mass is 10.0. The van der Waals surface area contributed by atoms with Crippen molar-refractivity contribution in [3.05, 3.63) is 35.3 Å². The predicted octanol–water partition coefficient (Wildman–Crippen LogP) is 1.58. The number of methoxy groups -OCH3 is 1. The number of hydrogen-bond acceptors (Lipinski definition) is 6. The summed E-state index contributed by atoms with van der Waals surface area (Å²) in [6.45, 7) is 4.35. The van der Waals surface area contributed by atoms with E-state index in [0.29, 0.717) is 43.9 Å². The Balaban J connectivity index is 1.53. The van der Waals surface area contributed by atoms with E-state index < -0.39 is 0 Å². The second-order valence-corrected chi connectivity index (χ2v) is 7.59. The molecule has 0 spiro atoms. The van der Waals surface area contributed by atoms with Gasteiger partial charge in [0.15, 0.2) is 5.82 Å². The SMILES string of the molecule is COCC(=O)N1CCCCC1c1nnc2n1CCN(C(=O)c1ccoc1C)CC2. The highest BCUT2D eigenvalue weighted by Crippen LogP contribution is 2.31. The third-order valence-electron chi connectivity index (χ3n) is 5.82. The number of aromatic nitrogens is 3. The molecule has 0 bridgehead atoms. The molecule has 0 radical (unpaired) electrons. The molecular weight excluding hydrogens is 374 g/mol. The maximum Gasteiger partial charge on any atom is 0.257 e. The van der Waals surface area contributed by atoms with E-state index in [1.165, 1.54) is 7.11 Å². The Hall–Kier alpha value is -2.68. The van der Waals surface area contributed by atoms with E-state index in [-0.39, 0.29) is 24.5 Å². The molecule has 2 amide bonds. The highest BCUT2D eigenvalue weighted by Gasteiger charge is 2.33. The Morgan fingerprint density at radius 3 is 2.83 bits per heavy atom. The average Bonchev–Trinajstić information content (AvgIpc) is 3.28. The Morgan fingerprint density at radius 2 is 2.07 bits per heavy atom. The molecule has 1 fully saturated rings. The molecule has 0 aliphatic carbocycles. The summed E-state index contributed by atoms with van der Waals surface area (Å²) in [5, 5.41) is 8.84. The monoisotopic (exact) mass is 401 g/mol. The summed E-state index contributed by atoms with van der Waals surface area (Å²) in [6, 6.07) is 1.63. The Labute approximate surface area is 169 Å². The zero-order valence-electron chi connectivity index (χ0n) is 17.0. The van der Waals surface area contributed by atoms with Crippen LogP contribution in [0.1, 0.15) is 53.1 Å². The maximum absolute atomic E-state index is 12.9. The third kappa shape index (κ3) is 3.78. The zero-order valence-corrected chi connectivity index (χ0v) is 17.0. The second-order valence-electron chi connectivity index (χ2n) is 7.59. The normalized spacial score (nSPS) is 19.7. The average molecular weight is 401 g/mol. The third-order valence-corrected chi connectivity index (χ3v) is 5.82. The zero-order chi connectivity index (χ0) is 20.4. The lowest BCUT2D eigenvalue weighted by Crippen LogP contribution is -2.41. The quantitative estimate of drug-likeness (QED) is 0.772. The number of carbonyl (C=O) groups excluding carboxylic acids is 2. The number of fused-ring (bicyclic) bond motifs is 1. The maximum atomic E-state index is 12.9. The van der Waals surface area contributed by atoms with Crippen LogP contribution >= 0.6 is 0 Å². The fourth-order valence-corrected chi connectivity index (χ4v) is 4.28. The summed E-state index contributed by atoms with van der Waals surface area (Å²) in [4.78, 5) is 29.1. The molecule has 2 aliphatic rings. The Morgan fingerprint density at radius 1 is 1.21 bits per heavy atom. The first-order chi connectivity index (χ1) is 14.1. The summed E-state index contributed by atoms with van der Waals surface area (Å²) in [6.07, 6.45) is 5.08. The molecule has 0 aromatic carbocycles. The van der Waals surface area contributed by atoms with Crippen LogP contribution in [-0.4, -0.2) is 69.7 Å². The summed E-state index contributed by atoms with van der Waals surface area (Å²) in [7, 11) is 1.54. The van der Waals surface area contributed by atoms with Crippen LogP contribution in [0, 0.1) is 6.92 Å². The molecule has 9 nitrogen and oxygen atoms in total. The minimum absolute atomic E-state index is 0.0181. The van der Waals surface area contributed by atoms with Crippen molar-refractivity contribution in [2.24, 2.45) is 0 Å². The molecule has 2 aromatic heterocycles. The van der Waals surface area contributed by atoms with Crippen molar-refractivity contribution in [1.29, 1.82) is 0 Å². The molecule has 4 heterocycles. The molecule has 0 N–H and O–H groups in total. The van der Waals surface area contributed by atoms with Gasteiger partial charge in [0.05, 0.1) is 17.9 Å². The van der Waals surface area contributed by atoms with E-state index in [2.05, 4.69) is 14.8 Å². The van der Waals surface area contributed by atoms with E-state index >= 15 is 0 Å². The van der Waals surface area contributed by atoms with Crippen LogP contribution in [0.4, 0.5) is 0 Å². The first kappa shape index (κ1) is 19.6. The topological polar surface area (TPSA) is 93.7 Å². The summed E-state index contributed by atoms with van der Waals surface area (Å²) in [5.41, 5.74) is 0.603. The van der Waals surface area contributed by atoms with Gasteiger partial charge in [-0.05, 0) is 32.3 Å². The molecule has 1 saturated heterocycles. The van der Waals surface area contributed by atoms with Gasteiger partial charge in [0, 0.05) is 39.7 Å². The molecule has 4 rings (SSSR count). The highest BCUT2D eigenvalue weighted by molar-refractivity contribution is 5.95. The number of carbonyl (C=O) groups is 2. The number of ether oxygens (including phenoxy) is 1. The van der Waals surface area contributed by atoms with Crippen LogP contribution in [0.15, 0.2) is 16.7 Å². The first-order valence-corrected chi connectivity index (χ1v) is 10.1. The van der Waals surface area contributed by atoms with Gasteiger partial charge in [0.25, 0.3) is 5.91 Å². The number of likely N-dealkylation sites (tertiary alicyclic amines) is 1. The molecule has 9 heteroatoms. The second kappa shape index (κ2) is 8.36. The van der Waals surface area contributed by atoms with Crippen LogP contribution in [0.5, 0.6) is 0 Å². The van der Waals surface area contributed by atoms with Crippen molar-refractivity contribution >= 4 is 11.8 Å². The van der Waals surface area contributed by atoms with E-state index in [4.69, 9.17) is 9.15 Å². The molecule has 2 aromatic rings. The minimum atomic E-state index is -0.0916. The van der Waals surface area contributed by atoms with Gasteiger partial charge in [-0.25, -0.2) is 0 Å². The lowest BCUT2D eigenvalue weighted by Gasteiger charge is -2.35. The number of amides is 2. The first-order valence-electron chi connectivity index (χ1n) is 10.1. The van der Waals surface area contributed by atoms with Gasteiger partial charge >= 0.3 is 0 Å². The van der Waals surface area contributed by atoms with Crippen LogP contribution < -0.4 is 0 Å². The Bertz CT molecular complexity index is 889. The molecule has 1 unspecified atom stereocenters. The van der Waals surface area contributed by atoms with E-state index in [0.717, 1.165) is 30.9 Å². The van der Waals surface area contributed by atoms with E-state index in [1.807, 2.05) is 9.80 Å². The summed E-state index contributed by atoms with van der Waals surface area (Å²) < 4.78 is 12.4. The van der Waals surface area contributed by atoms with Crippen molar-refractivity contribution in [2.75, 3.05) is 33.4 Å². The fourth-order valence-electron chi connectivity index (χ4n) is 4.28. The van der Waals surface area contributed by atoms with Crippen LogP contribution in [0.25, 0.3) is 0 Å². The lowest BCUT2D eigenvalue weighted by molar-refractivity contribution is -0.139. The van der Waals surface area contributed by atoms with Gasteiger partial charge in [0.1, 0.15) is 18.2 Å². The van der Waals surface area contributed by atoms with Gasteiger partial charge in [-0.1, -0.05) is 0 Å². The van der Waals surface area contributed by atoms with Crippen molar-refractivity contribution in [1.82, 2.24) is 24.6 Å². The number of furan rings is 1. The number of rotatable bonds is 4. The fraction of sp³-hybridized carbons (Fsp3) is 0.600.